The van der Waals surface area contributed by atoms with Crippen molar-refractivity contribution < 1.29 is 14.3 Å². The summed E-state index contributed by atoms with van der Waals surface area (Å²) in [6.07, 6.45) is 0.955. The molecule has 0 aliphatic carbocycles. The minimum Gasteiger partial charge on any atom is -0.493 e. The standard InChI is InChI=1S/C25H34N2O3/c1-7-27-13-12-18-14-21(29-5)22(30-6)15-20(18)24(27)23(16(2)3)26-25(28)19-11-9-8-10-17(19)4/h8-11,14-16,23-24H,7,12-13H2,1-6H3,(H,26,28)/t23-,24+/m1/s1. The summed E-state index contributed by atoms with van der Waals surface area (Å²) in [6.45, 7) is 10.4. The van der Waals surface area contributed by atoms with E-state index in [4.69, 9.17) is 9.47 Å². The number of benzene rings is 2. The number of nitrogens with zero attached hydrogens (tertiary/aromatic N) is 1. The van der Waals surface area contributed by atoms with Crippen molar-refractivity contribution in [2.24, 2.45) is 5.92 Å². The Kier molecular flexibility index (Phi) is 7.03. The summed E-state index contributed by atoms with van der Waals surface area (Å²) in [5.41, 5.74) is 4.19. The molecule has 3 rings (SSSR count). The van der Waals surface area contributed by atoms with E-state index in [0.717, 1.165) is 42.1 Å². The molecule has 0 saturated heterocycles. The van der Waals surface area contributed by atoms with Crippen LogP contribution in [0, 0.1) is 12.8 Å². The van der Waals surface area contributed by atoms with E-state index in [-0.39, 0.29) is 23.9 Å². The minimum atomic E-state index is -0.0331. The molecule has 5 heteroatoms. The van der Waals surface area contributed by atoms with Gasteiger partial charge in [-0.25, -0.2) is 0 Å². The van der Waals surface area contributed by atoms with Crippen molar-refractivity contribution in [2.45, 2.75) is 46.2 Å². The van der Waals surface area contributed by atoms with E-state index in [1.807, 2.05) is 31.2 Å². The van der Waals surface area contributed by atoms with E-state index in [9.17, 15) is 4.79 Å². The second-order valence-electron chi connectivity index (χ2n) is 8.29. The number of fused-ring (bicyclic) bond motifs is 1. The minimum absolute atomic E-state index is 0.0181. The highest BCUT2D eigenvalue weighted by Gasteiger charge is 2.36. The van der Waals surface area contributed by atoms with Crippen LogP contribution in [0.3, 0.4) is 0 Å². The number of ether oxygens (including phenoxy) is 2. The van der Waals surface area contributed by atoms with Gasteiger partial charge in [0.1, 0.15) is 0 Å². The molecule has 0 saturated carbocycles. The van der Waals surface area contributed by atoms with E-state index in [1.54, 1.807) is 14.2 Å². The number of amides is 1. The zero-order valence-corrected chi connectivity index (χ0v) is 19.0. The van der Waals surface area contributed by atoms with Gasteiger partial charge in [0.25, 0.3) is 5.91 Å². The Morgan fingerprint density at radius 1 is 1.17 bits per heavy atom. The lowest BCUT2D eigenvalue weighted by Crippen LogP contribution is -2.51. The zero-order valence-electron chi connectivity index (χ0n) is 19.0. The van der Waals surface area contributed by atoms with Crippen LogP contribution < -0.4 is 14.8 Å². The SMILES string of the molecule is CCN1CCc2cc(OC)c(OC)cc2[C@H]1[C@H](NC(=O)c1ccccc1C)C(C)C. The van der Waals surface area contributed by atoms with Crippen LogP contribution in [0.5, 0.6) is 11.5 Å². The van der Waals surface area contributed by atoms with Gasteiger partial charge in [-0.2, -0.15) is 0 Å². The van der Waals surface area contributed by atoms with Crippen molar-refractivity contribution in [3.63, 3.8) is 0 Å². The van der Waals surface area contributed by atoms with Crippen molar-refractivity contribution in [3.05, 3.63) is 58.7 Å². The second kappa shape index (κ2) is 9.52. The highest BCUT2D eigenvalue weighted by Crippen LogP contribution is 2.40. The van der Waals surface area contributed by atoms with Gasteiger partial charge in [0.15, 0.2) is 11.5 Å². The number of likely N-dealkylation sites (N-methyl/N-ethyl adjacent to an activating group) is 1. The number of rotatable bonds is 7. The molecular weight excluding hydrogens is 376 g/mol. The quantitative estimate of drug-likeness (QED) is 0.736. The average Bonchev–Trinajstić information content (AvgIpc) is 2.75. The van der Waals surface area contributed by atoms with Gasteiger partial charge in [0, 0.05) is 12.1 Å². The summed E-state index contributed by atoms with van der Waals surface area (Å²) in [5.74, 6) is 1.73. The van der Waals surface area contributed by atoms with Crippen molar-refractivity contribution >= 4 is 5.91 Å². The maximum absolute atomic E-state index is 13.2. The van der Waals surface area contributed by atoms with Crippen LogP contribution in [0.25, 0.3) is 0 Å². The molecule has 2 aromatic rings. The number of aryl methyl sites for hydroxylation is 1. The number of carbonyl (C=O) groups is 1. The maximum atomic E-state index is 13.2. The van der Waals surface area contributed by atoms with E-state index in [1.165, 1.54) is 11.1 Å². The Morgan fingerprint density at radius 2 is 1.83 bits per heavy atom. The summed E-state index contributed by atoms with van der Waals surface area (Å²) < 4.78 is 11.1. The van der Waals surface area contributed by atoms with Crippen LogP contribution in [0.15, 0.2) is 36.4 Å². The molecule has 1 amide bonds. The predicted octanol–water partition coefficient (Wildman–Crippen LogP) is 4.39. The van der Waals surface area contributed by atoms with Crippen molar-refractivity contribution in [3.8, 4) is 11.5 Å². The van der Waals surface area contributed by atoms with Gasteiger partial charge in [-0.05, 0) is 60.7 Å². The van der Waals surface area contributed by atoms with Gasteiger partial charge in [-0.1, -0.05) is 39.0 Å². The summed E-state index contributed by atoms with van der Waals surface area (Å²) in [4.78, 5) is 15.6. The Bertz CT molecular complexity index is 894. The number of carbonyl (C=O) groups excluding carboxylic acids is 1. The number of hydrogen-bond donors (Lipinski definition) is 1. The van der Waals surface area contributed by atoms with Gasteiger partial charge >= 0.3 is 0 Å². The summed E-state index contributed by atoms with van der Waals surface area (Å²) in [6, 6.07) is 12.0. The largest absolute Gasteiger partial charge is 0.493 e. The molecule has 0 radical (unpaired) electrons. The van der Waals surface area contributed by atoms with Gasteiger partial charge < -0.3 is 14.8 Å². The molecule has 0 fully saturated rings. The van der Waals surface area contributed by atoms with Crippen LogP contribution in [0.4, 0.5) is 0 Å². The maximum Gasteiger partial charge on any atom is 0.251 e. The van der Waals surface area contributed by atoms with Crippen LogP contribution in [-0.4, -0.2) is 44.2 Å². The molecule has 2 atom stereocenters. The summed E-state index contributed by atoms with van der Waals surface area (Å²) in [7, 11) is 3.34. The molecule has 0 spiro atoms. The third kappa shape index (κ3) is 4.31. The molecule has 0 aromatic heterocycles. The molecule has 5 nitrogen and oxygen atoms in total. The van der Waals surface area contributed by atoms with Crippen molar-refractivity contribution in [1.29, 1.82) is 0 Å². The monoisotopic (exact) mass is 410 g/mol. The number of nitrogens with one attached hydrogen (secondary N) is 1. The Balaban J connectivity index is 2.02. The molecule has 1 heterocycles. The molecule has 30 heavy (non-hydrogen) atoms. The molecule has 1 aliphatic heterocycles. The highest BCUT2D eigenvalue weighted by molar-refractivity contribution is 5.95. The van der Waals surface area contributed by atoms with Crippen LogP contribution in [-0.2, 0) is 6.42 Å². The third-order valence-electron chi connectivity index (χ3n) is 6.18. The van der Waals surface area contributed by atoms with Crippen LogP contribution in [0.2, 0.25) is 0 Å². The van der Waals surface area contributed by atoms with Gasteiger partial charge in [-0.15, -0.1) is 0 Å². The molecule has 0 unspecified atom stereocenters. The number of methoxy groups -OCH3 is 2. The van der Waals surface area contributed by atoms with Crippen LogP contribution in [0.1, 0.15) is 53.9 Å². The van der Waals surface area contributed by atoms with E-state index >= 15 is 0 Å². The van der Waals surface area contributed by atoms with Gasteiger partial charge in [0.05, 0.1) is 26.3 Å². The fourth-order valence-corrected chi connectivity index (χ4v) is 4.47. The molecular formula is C25H34N2O3. The van der Waals surface area contributed by atoms with E-state index < -0.39 is 0 Å². The van der Waals surface area contributed by atoms with Gasteiger partial charge in [0.2, 0.25) is 0 Å². The lowest BCUT2D eigenvalue weighted by Gasteiger charge is -2.43. The first kappa shape index (κ1) is 22.2. The smallest absolute Gasteiger partial charge is 0.251 e. The molecule has 0 bridgehead atoms. The highest BCUT2D eigenvalue weighted by atomic mass is 16.5. The third-order valence-corrected chi connectivity index (χ3v) is 6.18. The molecule has 1 aliphatic rings. The lowest BCUT2D eigenvalue weighted by molar-refractivity contribution is 0.0833. The summed E-state index contributed by atoms with van der Waals surface area (Å²) in [5, 5.41) is 3.36. The van der Waals surface area contributed by atoms with E-state index in [2.05, 4.69) is 43.1 Å². The van der Waals surface area contributed by atoms with Crippen molar-refractivity contribution in [1.82, 2.24) is 10.2 Å². The van der Waals surface area contributed by atoms with E-state index in [0.29, 0.717) is 0 Å². The first-order chi connectivity index (χ1) is 14.4. The van der Waals surface area contributed by atoms with Gasteiger partial charge in [-0.3, -0.25) is 9.69 Å². The topological polar surface area (TPSA) is 50.8 Å². The van der Waals surface area contributed by atoms with Crippen LogP contribution >= 0.6 is 0 Å². The Morgan fingerprint density at radius 3 is 2.43 bits per heavy atom. The Hall–Kier alpha value is -2.53. The second-order valence-corrected chi connectivity index (χ2v) is 8.29. The fourth-order valence-electron chi connectivity index (χ4n) is 4.47. The summed E-state index contributed by atoms with van der Waals surface area (Å²) >= 11 is 0. The zero-order chi connectivity index (χ0) is 21.8. The average molecular weight is 411 g/mol. The molecule has 1 N–H and O–H groups in total. The normalized spacial score (nSPS) is 17.4. The fraction of sp³-hybridized carbons (Fsp3) is 0.480. The number of hydrogen-bond acceptors (Lipinski definition) is 4. The first-order valence-electron chi connectivity index (χ1n) is 10.8. The Labute approximate surface area is 180 Å². The molecule has 2 aromatic carbocycles. The first-order valence-corrected chi connectivity index (χ1v) is 10.8. The lowest BCUT2D eigenvalue weighted by atomic mass is 9.83. The van der Waals surface area contributed by atoms with Crippen molar-refractivity contribution in [2.75, 3.05) is 27.3 Å². The predicted molar refractivity (Wildman–Crippen MR) is 121 cm³/mol. The molecule has 162 valence electrons.